The summed E-state index contributed by atoms with van der Waals surface area (Å²) in [6, 6.07) is 0. The van der Waals surface area contributed by atoms with Crippen LogP contribution in [0.3, 0.4) is 0 Å². The lowest BCUT2D eigenvalue weighted by Gasteiger charge is -2.04. The molecule has 0 unspecified atom stereocenters. The first-order chi connectivity index (χ1) is 8.45. The molecule has 0 heterocycles. The van der Waals surface area contributed by atoms with E-state index in [1.54, 1.807) is 0 Å². The molecule has 0 saturated heterocycles. The fourth-order valence-electron chi connectivity index (χ4n) is 1.53. The van der Waals surface area contributed by atoms with E-state index >= 15 is 0 Å². The zero-order chi connectivity index (χ0) is 13.9. The van der Waals surface area contributed by atoms with Crippen molar-refractivity contribution in [3.63, 3.8) is 0 Å². The predicted octanol–water partition coefficient (Wildman–Crippen LogP) is 2.56. The van der Waals surface area contributed by atoms with Gasteiger partial charge in [-0.25, -0.2) is 0 Å². The maximum absolute atomic E-state index is 11.1. The van der Waals surface area contributed by atoms with E-state index in [0.717, 1.165) is 19.3 Å². The molecular weight excluding hydrogens is 256 g/mol. The number of hydrogen-bond acceptors (Lipinski definition) is 4. The van der Waals surface area contributed by atoms with Gasteiger partial charge in [0.15, 0.2) is 0 Å². The van der Waals surface area contributed by atoms with Gasteiger partial charge in [-0.2, -0.15) is 8.42 Å². The summed E-state index contributed by atoms with van der Waals surface area (Å²) in [5, 5.41) is 0. The largest absolute Gasteiger partial charge is 0.466 e. The lowest BCUT2D eigenvalue weighted by molar-refractivity contribution is -0.143. The Kier molecular flexibility index (Phi) is 9.96. The van der Waals surface area contributed by atoms with E-state index < -0.39 is 21.8 Å². The Hall–Kier alpha value is -0.620. The molecule has 108 valence electrons. The molecule has 0 atom stereocenters. The van der Waals surface area contributed by atoms with Crippen LogP contribution < -0.4 is 0 Å². The Labute approximate surface area is 110 Å². The van der Waals surface area contributed by atoms with Crippen LogP contribution in [0.2, 0.25) is 0 Å². The molecule has 0 aromatic rings. The van der Waals surface area contributed by atoms with Gasteiger partial charge in [-0.15, -0.1) is 0 Å². The highest BCUT2D eigenvalue weighted by atomic mass is 32.2. The minimum absolute atomic E-state index is 0.282. The normalized spacial score (nSPS) is 11.4. The fraction of sp³-hybridized carbons (Fsp3) is 0.917. The van der Waals surface area contributed by atoms with E-state index in [1.807, 2.05) is 0 Å². The molecule has 5 nitrogen and oxygen atoms in total. The number of carbonyl (C=O) groups excluding carboxylic acids is 1. The van der Waals surface area contributed by atoms with E-state index in [0.29, 0.717) is 6.61 Å². The van der Waals surface area contributed by atoms with Gasteiger partial charge in [-0.05, 0) is 6.42 Å². The van der Waals surface area contributed by atoms with Gasteiger partial charge in [0.25, 0.3) is 10.1 Å². The molecule has 0 spiro atoms. The van der Waals surface area contributed by atoms with Gasteiger partial charge in [0, 0.05) is 0 Å². The van der Waals surface area contributed by atoms with Crippen LogP contribution in [0.25, 0.3) is 0 Å². The van der Waals surface area contributed by atoms with Crippen LogP contribution in [0, 0.1) is 0 Å². The molecule has 0 aromatic heterocycles. The lowest BCUT2D eigenvalue weighted by atomic mass is 10.1. The van der Waals surface area contributed by atoms with Crippen molar-refractivity contribution >= 4 is 16.1 Å². The zero-order valence-electron chi connectivity index (χ0n) is 11.1. The predicted molar refractivity (Wildman–Crippen MR) is 70.0 cm³/mol. The Balaban J connectivity index is 3.30. The summed E-state index contributed by atoms with van der Waals surface area (Å²) < 4.78 is 34.1. The van der Waals surface area contributed by atoms with E-state index in [2.05, 4.69) is 6.92 Å². The van der Waals surface area contributed by atoms with Crippen LogP contribution in [0.15, 0.2) is 0 Å². The molecule has 0 amide bonds. The molecule has 0 aromatic carbocycles. The summed E-state index contributed by atoms with van der Waals surface area (Å²) in [5.74, 6) is -1.14. The third kappa shape index (κ3) is 13.4. The molecule has 0 fully saturated rings. The second kappa shape index (κ2) is 10.3. The molecule has 0 aliphatic heterocycles. The van der Waals surface area contributed by atoms with Crippen molar-refractivity contribution in [1.29, 1.82) is 0 Å². The summed E-state index contributed by atoms with van der Waals surface area (Å²) in [4.78, 5) is 11.1. The summed E-state index contributed by atoms with van der Waals surface area (Å²) in [6.45, 7) is 2.50. The Morgan fingerprint density at radius 1 is 1.06 bits per heavy atom. The van der Waals surface area contributed by atoms with Gasteiger partial charge in [0.2, 0.25) is 0 Å². The second-order valence-electron chi connectivity index (χ2n) is 4.38. The van der Waals surface area contributed by atoms with Gasteiger partial charge in [-0.3, -0.25) is 9.35 Å². The summed E-state index contributed by atoms with van der Waals surface area (Å²) in [7, 11) is -4.07. The first kappa shape index (κ1) is 17.4. The van der Waals surface area contributed by atoms with Crippen molar-refractivity contribution in [2.24, 2.45) is 0 Å². The number of esters is 1. The van der Waals surface area contributed by atoms with Crippen molar-refractivity contribution in [2.75, 3.05) is 12.4 Å². The Morgan fingerprint density at radius 3 is 2.17 bits per heavy atom. The van der Waals surface area contributed by atoms with E-state index in [1.165, 1.54) is 25.7 Å². The third-order valence-electron chi connectivity index (χ3n) is 2.58. The van der Waals surface area contributed by atoms with Gasteiger partial charge in [0.1, 0.15) is 0 Å². The SMILES string of the molecule is CCCCCCCCCOC(=O)CCS(=O)(=O)O. The maximum atomic E-state index is 11.1. The average Bonchev–Trinajstić information content (AvgIpc) is 2.29. The molecule has 0 radical (unpaired) electrons. The number of unbranched alkanes of at least 4 members (excludes halogenated alkanes) is 6. The molecule has 0 saturated carbocycles. The first-order valence-corrected chi connectivity index (χ1v) is 8.17. The van der Waals surface area contributed by atoms with E-state index in [4.69, 9.17) is 9.29 Å². The number of rotatable bonds is 11. The van der Waals surface area contributed by atoms with E-state index in [-0.39, 0.29) is 6.42 Å². The van der Waals surface area contributed by atoms with Crippen LogP contribution in [-0.4, -0.2) is 31.3 Å². The van der Waals surface area contributed by atoms with Crippen molar-refractivity contribution in [3.8, 4) is 0 Å². The van der Waals surface area contributed by atoms with Gasteiger partial charge >= 0.3 is 5.97 Å². The third-order valence-corrected chi connectivity index (χ3v) is 3.30. The van der Waals surface area contributed by atoms with Crippen LogP contribution in [0.1, 0.15) is 58.3 Å². The Bertz CT molecular complexity index is 310. The van der Waals surface area contributed by atoms with Crippen molar-refractivity contribution in [3.05, 3.63) is 0 Å². The second-order valence-corrected chi connectivity index (χ2v) is 5.95. The Morgan fingerprint density at radius 2 is 1.61 bits per heavy atom. The fourth-order valence-corrected chi connectivity index (χ4v) is 1.95. The van der Waals surface area contributed by atoms with Crippen LogP contribution in [0.4, 0.5) is 0 Å². The molecule has 0 bridgehead atoms. The molecule has 0 rings (SSSR count). The minimum atomic E-state index is -4.07. The van der Waals surface area contributed by atoms with Crippen molar-refractivity contribution in [1.82, 2.24) is 0 Å². The highest BCUT2D eigenvalue weighted by Crippen LogP contribution is 2.07. The smallest absolute Gasteiger partial charge is 0.306 e. The summed E-state index contributed by atoms with van der Waals surface area (Å²) in [5.41, 5.74) is 0. The summed E-state index contributed by atoms with van der Waals surface area (Å²) >= 11 is 0. The van der Waals surface area contributed by atoms with E-state index in [9.17, 15) is 13.2 Å². The van der Waals surface area contributed by atoms with Crippen molar-refractivity contribution < 1.29 is 22.5 Å². The number of hydrogen-bond donors (Lipinski definition) is 1. The average molecular weight is 280 g/mol. The number of carbonyl (C=O) groups is 1. The standard InChI is InChI=1S/C12H24O5S/c1-2-3-4-5-6-7-8-10-17-12(13)9-11-18(14,15)16/h2-11H2,1H3,(H,14,15,16). The molecule has 18 heavy (non-hydrogen) atoms. The first-order valence-electron chi connectivity index (χ1n) is 6.56. The highest BCUT2D eigenvalue weighted by molar-refractivity contribution is 7.85. The number of ether oxygens (including phenoxy) is 1. The minimum Gasteiger partial charge on any atom is -0.466 e. The zero-order valence-corrected chi connectivity index (χ0v) is 11.9. The van der Waals surface area contributed by atoms with Gasteiger partial charge in [-0.1, -0.05) is 45.4 Å². The summed E-state index contributed by atoms with van der Waals surface area (Å²) in [6.07, 6.45) is 7.65. The topological polar surface area (TPSA) is 80.7 Å². The molecule has 6 heteroatoms. The molecule has 1 N–H and O–H groups in total. The van der Waals surface area contributed by atoms with Crippen LogP contribution in [0.5, 0.6) is 0 Å². The molecule has 0 aliphatic carbocycles. The highest BCUT2D eigenvalue weighted by Gasteiger charge is 2.10. The quantitative estimate of drug-likeness (QED) is 0.357. The van der Waals surface area contributed by atoms with Crippen molar-refractivity contribution in [2.45, 2.75) is 58.3 Å². The van der Waals surface area contributed by atoms with Gasteiger partial charge < -0.3 is 4.74 Å². The molecule has 0 aliphatic rings. The monoisotopic (exact) mass is 280 g/mol. The van der Waals surface area contributed by atoms with Gasteiger partial charge in [0.05, 0.1) is 18.8 Å². The lowest BCUT2D eigenvalue weighted by Crippen LogP contribution is -2.12. The van der Waals surface area contributed by atoms with Crippen LogP contribution in [-0.2, 0) is 19.6 Å². The van der Waals surface area contributed by atoms with Crippen LogP contribution >= 0.6 is 0 Å². The maximum Gasteiger partial charge on any atom is 0.306 e. The molecular formula is C12H24O5S.